The number of likely N-dealkylation sites (tertiary alicyclic amines) is 1. The molecule has 148 valence electrons. The Bertz CT molecular complexity index is 821. The van der Waals surface area contributed by atoms with Gasteiger partial charge in [-0.1, -0.05) is 48.2 Å². The molecular formula is C21H23Cl2N3O2. The van der Waals surface area contributed by atoms with Crippen molar-refractivity contribution in [2.75, 3.05) is 13.1 Å². The molecule has 5 nitrogen and oxygen atoms in total. The first-order chi connectivity index (χ1) is 13.6. The van der Waals surface area contributed by atoms with Crippen LogP contribution in [0.1, 0.15) is 44.1 Å². The molecule has 0 N–H and O–H groups in total. The molecule has 7 heteroatoms. The first kappa shape index (κ1) is 19.5. The first-order valence-electron chi connectivity index (χ1n) is 9.76. The van der Waals surface area contributed by atoms with Crippen LogP contribution in [0.15, 0.2) is 36.7 Å². The maximum atomic E-state index is 13.6. The van der Waals surface area contributed by atoms with Crippen LogP contribution in [-0.2, 0) is 10.2 Å². The molecule has 28 heavy (non-hydrogen) atoms. The molecule has 2 fully saturated rings. The number of hydrogen-bond acceptors (Lipinski definition) is 4. The highest BCUT2D eigenvalue weighted by atomic mass is 35.5. The predicted octanol–water partition coefficient (Wildman–Crippen LogP) is 4.67. The molecule has 1 aliphatic carbocycles. The average molecular weight is 420 g/mol. The first-order valence-corrected chi connectivity index (χ1v) is 10.5. The highest BCUT2D eigenvalue weighted by Crippen LogP contribution is 2.43. The number of carbonyl (C=O) groups is 1. The maximum Gasteiger partial charge on any atom is 0.316 e. The number of ether oxygens (including phenoxy) is 1. The van der Waals surface area contributed by atoms with Crippen molar-refractivity contribution in [2.24, 2.45) is 0 Å². The average Bonchev–Trinajstić information content (AvgIpc) is 3.21. The Morgan fingerprint density at radius 1 is 1.04 bits per heavy atom. The van der Waals surface area contributed by atoms with E-state index in [4.69, 9.17) is 27.9 Å². The van der Waals surface area contributed by atoms with Crippen molar-refractivity contribution in [3.05, 3.63) is 52.3 Å². The molecule has 1 unspecified atom stereocenters. The number of piperidine rings is 1. The monoisotopic (exact) mass is 419 g/mol. The van der Waals surface area contributed by atoms with Gasteiger partial charge in [0.05, 0.1) is 29.4 Å². The van der Waals surface area contributed by atoms with E-state index >= 15 is 0 Å². The fraction of sp³-hybridized carbons (Fsp3) is 0.476. The van der Waals surface area contributed by atoms with Crippen molar-refractivity contribution in [3.8, 4) is 6.01 Å². The van der Waals surface area contributed by atoms with Crippen LogP contribution in [0.2, 0.25) is 10.0 Å². The molecule has 0 radical (unpaired) electrons. The lowest BCUT2D eigenvalue weighted by molar-refractivity contribution is -0.140. The molecule has 1 aromatic carbocycles. The Labute approximate surface area is 175 Å². The molecule has 2 heterocycles. The highest BCUT2D eigenvalue weighted by Gasteiger charge is 2.45. The SMILES string of the molecule is O=C(N1CCCC(Oc2ncc(Cl)cn2)C1)C1(c2ccc(Cl)cc2)CCCC1. The second kappa shape index (κ2) is 8.26. The lowest BCUT2D eigenvalue weighted by Crippen LogP contribution is -2.51. The van der Waals surface area contributed by atoms with Crippen LogP contribution in [0.25, 0.3) is 0 Å². The normalized spacial score (nSPS) is 21.5. The van der Waals surface area contributed by atoms with Gasteiger partial charge in [0.1, 0.15) is 6.10 Å². The van der Waals surface area contributed by atoms with Crippen LogP contribution >= 0.6 is 23.2 Å². The molecule has 1 aromatic heterocycles. The predicted molar refractivity (Wildman–Crippen MR) is 109 cm³/mol. The third-order valence-electron chi connectivity index (χ3n) is 5.80. The van der Waals surface area contributed by atoms with E-state index in [0.29, 0.717) is 22.6 Å². The summed E-state index contributed by atoms with van der Waals surface area (Å²) in [6, 6.07) is 8.07. The summed E-state index contributed by atoms with van der Waals surface area (Å²) in [5.41, 5.74) is 0.631. The topological polar surface area (TPSA) is 55.3 Å². The van der Waals surface area contributed by atoms with E-state index in [1.54, 1.807) is 0 Å². The van der Waals surface area contributed by atoms with E-state index in [1.165, 1.54) is 12.4 Å². The summed E-state index contributed by atoms with van der Waals surface area (Å²) in [4.78, 5) is 23.8. The van der Waals surface area contributed by atoms with E-state index in [9.17, 15) is 4.79 Å². The summed E-state index contributed by atoms with van der Waals surface area (Å²) in [7, 11) is 0. The summed E-state index contributed by atoms with van der Waals surface area (Å²) in [5, 5.41) is 1.16. The van der Waals surface area contributed by atoms with E-state index in [1.807, 2.05) is 29.2 Å². The Hall–Kier alpha value is -1.85. The third kappa shape index (κ3) is 3.96. The van der Waals surface area contributed by atoms with Crippen molar-refractivity contribution in [1.82, 2.24) is 14.9 Å². The van der Waals surface area contributed by atoms with Crippen LogP contribution in [0.3, 0.4) is 0 Å². The Kier molecular flexibility index (Phi) is 5.74. The number of hydrogen-bond donors (Lipinski definition) is 0. The quantitative estimate of drug-likeness (QED) is 0.722. The van der Waals surface area contributed by atoms with Gasteiger partial charge < -0.3 is 9.64 Å². The molecule has 1 saturated carbocycles. The van der Waals surface area contributed by atoms with Gasteiger partial charge in [0.25, 0.3) is 0 Å². The van der Waals surface area contributed by atoms with Gasteiger partial charge in [0.2, 0.25) is 5.91 Å². The number of amides is 1. The van der Waals surface area contributed by atoms with Gasteiger partial charge in [-0.3, -0.25) is 4.79 Å². The Balaban J connectivity index is 1.50. The molecule has 1 amide bonds. The number of aromatic nitrogens is 2. The van der Waals surface area contributed by atoms with Crippen molar-refractivity contribution < 1.29 is 9.53 Å². The summed E-state index contributed by atoms with van der Waals surface area (Å²) in [6.07, 6.45) is 8.62. The van der Waals surface area contributed by atoms with Gasteiger partial charge >= 0.3 is 6.01 Å². The molecule has 0 spiro atoms. The van der Waals surface area contributed by atoms with Crippen LogP contribution in [0.4, 0.5) is 0 Å². The molecule has 2 aromatic rings. The molecular weight excluding hydrogens is 397 g/mol. The van der Waals surface area contributed by atoms with Crippen LogP contribution in [-0.4, -0.2) is 40.0 Å². The Morgan fingerprint density at radius 2 is 1.71 bits per heavy atom. The summed E-state index contributed by atoms with van der Waals surface area (Å²) >= 11 is 11.9. The number of nitrogens with zero attached hydrogens (tertiary/aromatic N) is 3. The van der Waals surface area contributed by atoms with E-state index in [2.05, 4.69) is 9.97 Å². The van der Waals surface area contributed by atoms with Gasteiger partial charge in [-0.15, -0.1) is 0 Å². The van der Waals surface area contributed by atoms with Gasteiger partial charge in [-0.2, -0.15) is 0 Å². The largest absolute Gasteiger partial charge is 0.458 e. The van der Waals surface area contributed by atoms with E-state index in [0.717, 1.165) is 50.6 Å². The second-order valence-corrected chi connectivity index (χ2v) is 8.49. The van der Waals surface area contributed by atoms with Crippen LogP contribution < -0.4 is 4.74 Å². The van der Waals surface area contributed by atoms with Gasteiger partial charge in [0.15, 0.2) is 0 Å². The minimum absolute atomic E-state index is 0.109. The zero-order valence-corrected chi connectivity index (χ0v) is 17.1. The zero-order valence-electron chi connectivity index (χ0n) is 15.6. The number of rotatable bonds is 4. The highest BCUT2D eigenvalue weighted by molar-refractivity contribution is 6.30. The minimum Gasteiger partial charge on any atom is -0.458 e. The van der Waals surface area contributed by atoms with E-state index < -0.39 is 5.41 Å². The summed E-state index contributed by atoms with van der Waals surface area (Å²) in [5.74, 6) is 0.206. The standard InChI is InChI=1S/C21H23Cl2N3O2/c22-16-7-5-15(6-8-16)21(9-1-2-10-21)19(27)26-11-3-4-18(14-26)28-20-24-12-17(23)13-25-20/h5-8,12-13,18H,1-4,9-11,14H2. The molecule has 0 bridgehead atoms. The second-order valence-electron chi connectivity index (χ2n) is 7.61. The zero-order chi connectivity index (χ0) is 19.6. The Morgan fingerprint density at radius 3 is 2.39 bits per heavy atom. The van der Waals surface area contributed by atoms with Crippen molar-refractivity contribution >= 4 is 29.1 Å². The summed E-state index contributed by atoms with van der Waals surface area (Å²) < 4.78 is 5.92. The minimum atomic E-state index is -0.441. The maximum absolute atomic E-state index is 13.6. The van der Waals surface area contributed by atoms with Gasteiger partial charge in [0, 0.05) is 11.6 Å². The van der Waals surface area contributed by atoms with Gasteiger partial charge in [-0.05, 0) is 43.4 Å². The molecule has 1 aliphatic heterocycles. The van der Waals surface area contributed by atoms with E-state index in [-0.39, 0.29) is 12.0 Å². The number of benzene rings is 1. The molecule has 2 aliphatic rings. The number of carbonyl (C=O) groups excluding carboxylic acids is 1. The summed E-state index contributed by atoms with van der Waals surface area (Å²) in [6.45, 7) is 1.32. The smallest absolute Gasteiger partial charge is 0.316 e. The fourth-order valence-corrected chi connectivity index (χ4v) is 4.63. The van der Waals surface area contributed by atoms with Crippen LogP contribution in [0.5, 0.6) is 6.01 Å². The van der Waals surface area contributed by atoms with Crippen molar-refractivity contribution in [3.63, 3.8) is 0 Å². The van der Waals surface area contributed by atoms with Crippen molar-refractivity contribution in [2.45, 2.75) is 50.0 Å². The molecule has 1 atom stereocenters. The fourth-order valence-electron chi connectivity index (χ4n) is 4.41. The van der Waals surface area contributed by atoms with Crippen molar-refractivity contribution in [1.29, 1.82) is 0 Å². The third-order valence-corrected chi connectivity index (χ3v) is 6.24. The lowest BCUT2D eigenvalue weighted by Gasteiger charge is -2.39. The lowest BCUT2D eigenvalue weighted by atomic mass is 9.77. The molecule has 1 saturated heterocycles. The molecule has 4 rings (SSSR count). The number of halogens is 2. The van der Waals surface area contributed by atoms with Crippen LogP contribution in [0, 0.1) is 0 Å². The van der Waals surface area contributed by atoms with Gasteiger partial charge in [-0.25, -0.2) is 9.97 Å².